The van der Waals surface area contributed by atoms with E-state index in [4.69, 9.17) is 9.26 Å². The third-order valence-corrected chi connectivity index (χ3v) is 5.31. The predicted octanol–water partition coefficient (Wildman–Crippen LogP) is 2.81. The highest BCUT2D eigenvalue weighted by Gasteiger charge is 2.31. The molecule has 1 aromatic carbocycles. The number of halogens is 1. The molecule has 1 saturated heterocycles. The summed E-state index contributed by atoms with van der Waals surface area (Å²) in [6.07, 6.45) is 3.66. The lowest BCUT2D eigenvalue weighted by Crippen LogP contribution is -2.49. The minimum Gasteiger partial charge on any atom is -0.489 e. The summed E-state index contributed by atoms with van der Waals surface area (Å²) in [6, 6.07) is 7.19. The second-order valence-electron chi connectivity index (χ2n) is 7.23. The maximum absolute atomic E-state index is 13.3. The van der Waals surface area contributed by atoms with Crippen LogP contribution in [0.1, 0.15) is 39.2 Å². The number of carbonyl (C=O) groups excluding carboxylic acids is 1. The Morgan fingerprint density at radius 1 is 1.37 bits per heavy atom. The third kappa shape index (κ3) is 4.34. The Kier molecular flexibility index (Phi) is 6.79. The van der Waals surface area contributed by atoms with Gasteiger partial charge in [-0.3, -0.25) is 4.79 Å². The van der Waals surface area contributed by atoms with Gasteiger partial charge in [-0.1, -0.05) is 11.2 Å². The van der Waals surface area contributed by atoms with E-state index >= 15 is 0 Å². The fourth-order valence-electron chi connectivity index (χ4n) is 3.62. The van der Waals surface area contributed by atoms with E-state index in [1.807, 2.05) is 54.8 Å². The van der Waals surface area contributed by atoms with Crippen LogP contribution in [0.5, 0.6) is 5.75 Å². The molecule has 0 bridgehead atoms. The van der Waals surface area contributed by atoms with E-state index in [0.717, 1.165) is 29.4 Å². The Bertz CT molecular complexity index is 996. The zero-order valence-electron chi connectivity index (χ0n) is 17.3. The fourth-order valence-corrected chi connectivity index (χ4v) is 3.62. The van der Waals surface area contributed by atoms with Crippen LogP contribution in [0.2, 0.25) is 0 Å². The average molecular weight is 432 g/mol. The number of imidazole rings is 1. The van der Waals surface area contributed by atoms with Gasteiger partial charge in [0.05, 0.1) is 11.3 Å². The molecule has 1 aliphatic heterocycles. The first-order valence-electron chi connectivity index (χ1n) is 9.68. The molecular formula is C21H26ClN5O3. The van der Waals surface area contributed by atoms with Crippen molar-refractivity contribution in [2.24, 2.45) is 7.05 Å². The van der Waals surface area contributed by atoms with Gasteiger partial charge in [-0.2, -0.15) is 0 Å². The molecular weight excluding hydrogens is 406 g/mol. The number of hydrogen-bond donors (Lipinski definition) is 1. The minimum absolute atomic E-state index is 0. The van der Waals surface area contributed by atoms with E-state index in [0.29, 0.717) is 31.0 Å². The van der Waals surface area contributed by atoms with Crippen LogP contribution in [-0.4, -0.2) is 45.1 Å². The van der Waals surface area contributed by atoms with Gasteiger partial charge in [-0.15, -0.1) is 12.4 Å². The topological polar surface area (TPSA) is 85.4 Å². The zero-order valence-corrected chi connectivity index (χ0v) is 18.1. The van der Waals surface area contributed by atoms with Crippen LogP contribution in [0.3, 0.4) is 0 Å². The minimum atomic E-state index is -0.108. The average Bonchev–Trinajstić information content (AvgIpc) is 3.31. The van der Waals surface area contributed by atoms with E-state index in [-0.39, 0.29) is 24.4 Å². The molecule has 1 unspecified atom stereocenters. The van der Waals surface area contributed by atoms with Crippen LogP contribution in [-0.2, 0) is 13.7 Å². The number of aromatic nitrogens is 3. The highest BCUT2D eigenvalue weighted by Crippen LogP contribution is 2.25. The van der Waals surface area contributed by atoms with Gasteiger partial charge in [0.15, 0.2) is 0 Å². The molecule has 0 saturated carbocycles. The standard InChI is InChI=1S/C21H25N5O3.ClH/c1-14-18(15(2)29-24-14)13-28-17-6-4-5-16(11-17)21(27)26-10-7-22-12-19(26)20-23-8-9-25(20)3;/h4-6,8-9,11,19,22H,7,10,12-13H2,1-3H3;1H. The molecule has 0 aliphatic carbocycles. The van der Waals surface area contributed by atoms with Gasteiger partial charge in [0.1, 0.15) is 30.0 Å². The first kappa shape index (κ1) is 21.9. The second kappa shape index (κ2) is 9.32. The zero-order chi connectivity index (χ0) is 20.4. The van der Waals surface area contributed by atoms with Gasteiger partial charge in [0.25, 0.3) is 5.91 Å². The van der Waals surface area contributed by atoms with Crippen molar-refractivity contribution in [1.29, 1.82) is 0 Å². The Balaban J connectivity index is 0.00000256. The summed E-state index contributed by atoms with van der Waals surface area (Å²) in [6.45, 7) is 6.16. The van der Waals surface area contributed by atoms with Crippen molar-refractivity contribution in [1.82, 2.24) is 24.9 Å². The number of carbonyl (C=O) groups is 1. The predicted molar refractivity (Wildman–Crippen MR) is 114 cm³/mol. The molecule has 3 aromatic rings. The highest BCUT2D eigenvalue weighted by molar-refractivity contribution is 5.95. The van der Waals surface area contributed by atoms with Gasteiger partial charge < -0.3 is 24.0 Å². The summed E-state index contributed by atoms with van der Waals surface area (Å²) < 4.78 is 13.0. The van der Waals surface area contributed by atoms with Crippen molar-refractivity contribution in [2.75, 3.05) is 19.6 Å². The Labute approximate surface area is 181 Å². The van der Waals surface area contributed by atoms with Crippen LogP contribution in [0, 0.1) is 13.8 Å². The van der Waals surface area contributed by atoms with Crippen LogP contribution in [0.15, 0.2) is 41.2 Å². The summed E-state index contributed by atoms with van der Waals surface area (Å²) >= 11 is 0. The lowest BCUT2D eigenvalue weighted by Gasteiger charge is -2.35. The molecule has 2 aromatic heterocycles. The van der Waals surface area contributed by atoms with Gasteiger partial charge in [-0.05, 0) is 32.0 Å². The molecule has 0 radical (unpaired) electrons. The second-order valence-corrected chi connectivity index (χ2v) is 7.23. The maximum Gasteiger partial charge on any atom is 0.254 e. The Morgan fingerprint density at radius 3 is 2.90 bits per heavy atom. The summed E-state index contributed by atoms with van der Waals surface area (Å²) in [7, 11) is 1.95. The van der Waals surface area contributed by atoms with E-state index < -0.39 is 0 Å². The number of aryl methyl sites for hydroxylation is 3. The van der Waals surface area contributed by atoms with Crippen LogP contribution >= 0.6 is 12.4 Å². The molecule has 9 heteroatoms. The first-order valence-corrected chi connectivity index (χ1v) is 9.68. The Hall–Kier alpha value is -2.84. The van der Waals surface area contributed by atoms with Crippen LogP contribution in [0.25, 0.3) is 0 Å². The van der Waals surface area contributed by atoms with Gasteiger partial charge in [0, 0.05) is 44.6 Å². The number of nitrogens with zero attached hydrogens (tertiary/aromatic N) is 4. The van der Waals surface area contributed by atoms with Gasteiger partial charge in [0.2, 0.25) is 0 Å². The molecule has 30 heavy (non-hydrogen) atoms. The van der Waals surface area contributed by atoms with Gasteiger partial charge >= 0.3 is 0 Å². The molecule has 3 heterocycles. The molecule has 0 spiro atoms. The smallest absolute Gasteiger partial charge is 0.254 e. The molecule has 1 N–H and O–H groups in total. The molecule has 1 atom stereocenters. The summed E-state index contributed by atoms with van der Waals surface area (Å²) in [4.78, 5) is 19.6. The van der Waals surface area contributed by atoms with Crippen molar-refractivity contribution in [3.8, 4) is 5.75 Å². The quantitative estimate of drug-likeness (QED) is 0.668. The summed E-state index contributed by atoms with van der Waals surface area (Å²) in [5.41, 5.74) is 2.34. The summed E-state index contributed by atoms with van der Waals surface area (Å²) in [5.74, 6) is 2.23. The number of nitrogens with one attached hydrogen (secondary N) is 1. The van der Waals surface area contributed by atoms with Crippen molar-refractivity contribution in [2.45, 2.75) is 26.5 Å². The highest BCUT2D eigenvalue weighted by atomic mass is 35.5. The molecule has 8 nitrogen and oxygen atoms in total. The fraction of sp³-hybridized carbons (Fsp3) is 0.381. The lowest BCUT2D eigenvalue weighted by atomic mass is 10.1. The van der Waals surface area contributed by atoms with E-state index in [2.05, 4.69) is 15.5 Å². The molecule has 1 amide bonds. The van der Waals surface area contributed by atoms with E-state index in [9.17, 15) is 4.79 Å². The van der Waals surface area contributed by atoms with E-state index in [1.54, 1.807) is 12.3 Å². The lowest BCUT2D eigenvalue weighted by molar-refractivity contribution is 0.0620. The number of piperazine rings is 1. The molecule has 1 aliphatic rings. The normalized spacial score (nSPS) is 16.2. The number of amides is 1. The van der Waals surface area contributed by atoms with Crippen molar-refractivity contribution >= 4 is 18.3 Å². The maximum atomic E-state index is 13.3. The number of hydrogen-bond acceptors (Lipinski definition) is 6. The number of benzene rings is 1. The third-order valence-electron chi connectivity index (χ3n) is 5.31. The molecule has 1 fully saturated rings. The number of ether oxygens (including phenoxy) is 1. The van der Waals surface area contributed by atoms with Crippen molar-refractivity contribution < 1.29 is 14.1 Å². The molecule has 4 rings (SSSR count). The van der Waals surface area contributed by atoms with Crippen LogP contribution < -0.4 is 10.1 Å². The molecule has 160 valence electrons. The summed E-state index contributed by atoms with van der Waals surface area (Å²) in [5, 5.41) is 7.30. The largest absolute Gasteiger partial charge is 0.489 e. The monoisotopic (exact) mass is 431 g/mol. The van der Waals surface area contributed by atoms with Gasteiger partial charge in [-0.25, -0.2) is 4.98 Å². The Morgan fingerprint density at radius 2 is 2.20 bits per heavy atom. The SMILES string of the molecule is Cc1noc(C)c1COc1cccc(C(=O)N2CCNCC2c2nccn2C)c1.Cl. The van der Waals surface area contributed by atoms with Crippen molar-refractivity contribution in [3.63, 3.8) is 0 Å². The van der Waals surface area contributed by atoms with Crippen molar-refractivity contribution in [3.05, 3.63) is 65.1 Å². The number of rotatable bonds is 5. The first-order chi connectivity index (χ1) is 14.0. The van der Waals surface area contributed by atoms with E-state index in [1.165, 1.54) is 0 Å². The van der Waals surface area contributed by atoms with Crippen LogP contribution in [0.4, 0.5) is 0 Å².